The number of carbonyl (C=O) groups is 3. The van der Waals surface area contributed by atoms with Crippen LogP contribution in [0.5, 0.6) is 5.75 Å². The van der Waals surface area contributed by atoms with Gasteiger partial charge in [0.05, 0.1) is 24.4 Å². The molecule has 4 aromatic rings. The molecule has 4 rings (SSSR count). The van der Waals surface area contributed by atoms with E-state index >= 15 is 0 Å². The molecule has 0 saturated carbocycles. The number of allylic oxidation sites excluding steroid dienone is 1. The minimum atomic E-state index is -0.624. The zero-order chi connectivity index (χ0) is 29.4. The van der Waals surface area contributed by atoms with Gasteiger partial charge >= 0.3 is 11.9 Å². The quantitative estimate of drug-likeness (QED) is 0.111. The van der Waals surface area contributed by atoms with Crippen LogP contribution in [0.1, 0.15) is 55.4 Å². The van der Waals surface area contributed by atoms with Gasteiger partial charge in [0.25, 0.3) is 0 Å². The molecule has 1 aromatic heterocycles. The molecule has 0 bridgehead atoms. The molecule has 0 atom stereocenters. The first-order valence-electron chi connectivity index (χ1n) is 13.2. The van der Waals surface area contributed by atoms with E-state index in [9.17, 15) is 19.6 Å². The van der Waals surface area contributed by atoms with Gasteiger partial charge in [-0.1, -0.05) is 54.6 Å². The Labute approximate surface area is 242 Å². The lowest BCUT2D eigenvalue weighted by molar-refractivity contribution is -0.114. The van der Waals surface area contributed by atoms with E-state index in [4.69, 9.17) is 14.2 Å². The number of thiophene rings is 1. The zero-order valence-electron chi connectivity index (χ0n) is 23.1. The topological polar surface area (TPSA) is 103 Å². The van der Waals surface area contributed by atoms with Crippen LogP contribution in [0, 0.1) is 18.3 Å². The molecule has 1 heterocycles. The SMILES string of the molecule is CCOC(=O)c1sc(CC(=O)/C(C#N)=C/c2ccc(OCc3cccc4ccccc34)cc2)c(C(=O)OCC)c1C. The largest absolute Gasteiger partial charge is 0.489 e. The molecule has 0 amide bonds. The summed E-state index contributed by atoms with van der Waals surface area (Å²) < 4.78 is 16.2. The number of ether oxygens (including phenoxy) is 3. The van der Waals surface area contributed by atoms with Gasteiger partial charge in [0.15, 0.2) is 5.78 Å². The van der Waals surface area contributed by atoms with Gasteiger partial charge in [-0.3, -0.25) is 4.79 Å². The molecule has 0 unspecified atom stereocenters. The van der Waals surface area contributed by atoms with E-state index < -0.39 is 17.7 Å². The van der Waals surface area contributed by atoms with Crippen molar-refractivity contribution in [1.29, 1.82) is 5.26 Å². The second-order valence-corrected chi connectivity index (χ2v) is 10.2. The lowest BCUT2D eigenvalue weighted by Gasteiger charge is -2.09. The number of nitrogens with zero attached hydrogens (tertiary/aromatic N) is 1. The summed E-state index contributed by atoms with van der Waals surface area (Å²) in [5.41, 5.74) is 2.21. The van der Waals surface area contributed by atoms with Crippen LogP contribution in [0.3, 0.4) is 0 Å². The molecule has 0 fully saturated rings. The zero-order valence-corrected chi connectivity index (χ0v) is 23.9. The summed E-state index contributed by atoms with van der Waals surface area (Å²) in [7, 11) is 0. The van der Waals surface area contributed by atoms with Crippen molar-refractivity contribution in [2.75, 3.05) is 13.2 Å². The lowest BCUT2D eigenvalue weighted by atomic mass is 10.0. The summed E-state index contributed by atoms with van der Waals surface area (Å²) in [5, 5.41) is 12.0. The number of benzene rings is 3. The van der Waals surface area contributed by atoms with Crippen molar-refractivity contribution in [3.63, 3.8) is 0 Å². The van der Waals surface area contributed by atoms with Crippen LogP contribution in [0.15, 0.2) is 72.3 Å². The van der Waals surface area contributed by atoms with Crippen LogP contribution in [-0.2, 0) is 27.3 Å². The Kier molecular flexibility index (Phi) is 9.67. The molecule has 0 radical (unpaired) electrons. The smallest absolute Gasteiger partial charge is 0.348 e. The maximum atomic E-state index is 13.2. The van der Waals surface area contributed by atoms with Crippen LogP contribution in [-0.4, -0.2) is 30.9 Å². The first-order chi connectivity index (χ1) is 19.9. The third-order valence-corrected chi connectivity index (χ3v) is 7.64. The molecule has 7 nitrogen and oxygen atoms in total. The molecular weight excluding hydrogens is 538 g/mol. The second-order valence-electron chi connectivity index (χ2n) is 9.06. The average Bonchev–Trinajstić information content (AvgIpc) is 3.30. The molecule has 3 aromatic carbocycles. The number of ketones is 1. The highest BCUT2D eigenvalue weighted by atomic mass is 32.1. The number of fused-ring (bicyclic) bond motifs is 1. The second kappa shape index (κ2) is 13.6. The molecule has 8 heteroatoms. The highest BCUT2D eigenvalue weighted by Crippen LogP contribution is 2.31. The van der Waals surface area contributed by atoms with Crippen molar-refractivity contribution in [3.8, 4) is 11.8 Å². The van der Waals surface area contributed by atoms with Gasteiger partial charge in [-0.15, -0.1) is 11.3 Å². The number of hydrogen-bond donors (Lipinski definition) is 0. The predicted molar refractivity (Wildman–Crippen MR) is 158 cm³/mol. The average molecular weight is 568 g/mol. The van der Waals surface area contributed by atoms with Crippen LogP contribution >= 0.6 is 11.3 Å². The Morgan fingerprint density at radius 3 is 2.29 bits per heavy atom. The Bertz CT molecular complexity index is 1650. The summed E-state index contributed by atoms with van der Waals surface area (Å²) in [4.78, 5) is 38.8. The van der Waals surface area contributed by atoms with Gasteiger partial charge in [0, 0.05) is 11.3 Å². The van der Waals surface area contributed by atoms with Gasteiger partial charge in [0.1, 0.15) is 23.3 Å². The van der Waals surface area contributed by atoms with Gasteiger partial charge in [-0.05, 0) is 66.4 Å². The molecule has 0 aliphatic heterocycles. The first kappa shape index (κ1) is 29.2. The Balaban J connectivity index is 1.50. The Morgan fingerprint density at radius 1 is 0.902 bits per heavy atom. The molecule has 41 heavy (non-hydrogen) atoms. The molecule has 0 saturated heterocycles. The van der Waals surface area contributed by atoms with E-state index in [-0.39, 0.29) is 35.6 Å². The highest BCUT2D eigenvalue weighted by Gasteiger charge is 2.28. The van der Waals surface area contributed by atoms with Crippen molar-refractivity contribution in [2.24, 2.45) is 0 Å². The summed E-state index contributed by atoms with van der Waals surface area (Å²) in [6.45, 7) is 5.69. The summed E-state index contributed by atoms with van der Waals surface area (Å²) in [6.07, 6.45) is 1.26. The van der Waals surface area contributed by atoms with E-state index in [0.29, 0.717) is 28.4 Å². The minimum absolute atomic E-state index is 0.0760. The van der Waals surface area contributed by atoms with Gasteiger partial charge in [-0.25, -0.2) is 9.59 Å². The van der Waals surface area contributed by atoms with Gasteiger partial charge < -0.3 is 14.2 Å². The van der Waals surface area contributed by atoms with Crippen molar-refractivity contribution < 1.29 is 28.6 Å². The van der Waals surface area contributed by atoms with Gasteiger partial charge in [0.2, 0.25) is 0 Å². The number of rotatable bonds is 11. The molecule has 0 spiro atoms. The molecular formula is C33H29NO6S. The predicted octanol–water partition coefficient (Wildman–Crippen LogP) is 6.86. The summed E-state index contributed by atoms with van der Waals surface area (Å²) in [6, 6.07) is 23.3. The van der Waals surface area contributed by atoms with Gasteiger partial charge in [-0.2, -0.15) is 5.26 Å². The van der Waals surface area contributed by atoms with Crippen LogP contribution < -0.4 is 4.74 Å². The molecule has 208 valence electrons. The molecule has 0 aliphatic carbocycles. The van der Waals surface area contributed by atoms with Crippen molar-refractivity contribution in [2.45, 2.75) is 33.8 Å². The number of hydrogen-bond acceptors (Lipinski definition) is 8. The third-order valence-electron chi connectivity index (χ3n) is 6.37. The van der Waals surface area contributed by atoms with E-state index in [1.54, 1.807) is 45.0 Å². The fourth-order valence-corrected chi connectivity index (χ4v) is 5.57. The van der Waals surface area contributed by atoms with Crippen LogP contribution in [0.25, 0.3) is 16.8 Å². The highest BCUT2D eigenvalue weighted by molar-refractivity contribution is 7.14. The maximum Gasteiger partial charge on any atom is 0.348 e. The van der Waals surface area contributed by atoms with E-state index in [1.807, 2.05) is 30.3 Å². The van der Waals surface area contributed by atoms with E-state index in [2.05, 4.69) is 18.2 Å². The number of carbonyl (C=O) groups excluding carboxylic acids is 3. The Morgan fingerprint density at radius 2 is 1.59 bits per heavy atom. The molecule has 0 N–H and O–H groups in total. The standard InChI is InChI=1S/C33H29NO6S/c1-4-38-32(36)30-21(3)31(33(37)39-5-2)41-29(30)18-28(35)25(19-34)17-22-13-15-26(16-14-22)40-20-24-11-8-10-23-9-6-7-12-27(23)24/h6-17H,4-5,18,20H2,1-3H3/b25-17+. The maximum absolute atomic E-state index is 13.2. The molecule has 0 aliphatic rings. The van der Waals surface area contributed by atoms with E-state index in [1.165, 1.54) is 6.08 Å². The van der Waals surface area contributed by atoms with Crippen molar-refractivity contribution >= 4 is 45.9 Å². The van der Waals surface area contributed by atoms with Crippen molar-refractivity contribution in [1.82, 2.24) is 0 Å². The minimum Gasteiger partial charge on any atom is -0.489 e. The normalized spacial score (nSPS) is 11.1. The number of Topliss-reactive ketones (excluding diaryl/α,β-unsaturated/α-hetero) is 1. The fourth-order valence-electron chi connectivity index (χ4n) is 4.38. The third kappa shape index (κ3) is 6.89. The van der Waals surface area contributed by atoms with Crippen molar-refractivity contribution in [3.05, 3.63) is 104 Å². The summed E-state index contributed by atoms with van der Waals surface area (Å²) >= 11 is 1.01. The van der Waals surface area contributed by atoms with E-state index in [0.717, 1.165) is 27.7 Å². The van der Waals surface area contributed by atoms with Crippen LogP contribution in [0.2, 0.25) is 0 Å². The first-order valence-corrected chi connectivity index (χ1v) is 14.0. The summed E-state index contributed by atoms with van der Waals surface area (Å²) in [5.74, 6) is -1.02. The number of nitriles is 1. The monoisotopic (exact) mass is 567 g/mol. The fraction of sp³-hybridized carbons (Fsp3) is 0.212. The lowest BCUT2D eigenvalue weighted by Crippen LogP contribution is -2.12. The number of esters is 2. The Hall–Kier alpha value is -4.74. The van der Waals surface area contributed by atoms with Crippen LogP contribution in [0.4, 0.5) is 0 Å².